The summed E-state index contributed by atoms with van der Waals surface area (Å²) in [4.78, 5) is 0. The van der Waals surface area contributed by atoms with E-state index in [1.165, 1.54) is 12.1 Å². The molecule has 2 aromatic carbocycles. The van der Waals surface area contributed by atoms with Crippen LogP contribution in [-0.4, -0.2) is 7.05 Å². The summed E-state index contributed by atoms with van der Waals surface area (Å²) in [6, 6.07) is 6.22. The monoisotopic (exact) mass is 283 g/mol. The van der Waals surface area contributed by atoms with E-state index in [4.69, 9.17) is 0 Å². The molecule has 0 aliphatic heterocycles. The molecule has 1 nitrogen and oxygen atoms in total. The molecule has 20 heavy (non-hydrogen) atoms. The van der Waals surface area contributed by atoms with Gasteiger partial charge in [-0.1, -0.05) is 12.1 Å². The molecule has 5 heteroatoms. The Balaban J connectivity index is 2.34. The number of likely N-dealkylation sites (N-methyl/N-ethyl adjacent to an activating group) is 1. The second-order valence-corrected chi connectivity index (χ2v) is 4.42. The van der Waals surface area contributed by atoms with Gasteiger partial charge in [0.05, 0.1) is 0 Å². The Morgan fingerprint density at radius 2 is 1.75 bits per heavy atom. The van der Waals surface area contributed by atoms with Crippen LogP contribution in [0.25, 0.3) is 0 Å². The smallest absolute Gasteiger partial charge is 0.163 e. The minimum Gasteiger partial charge on any atom is -0.313 e. The van der Waals surface area contributed by atoms with Crippen molar-refractivity contribution in [3.05, 3.63) is 70.8 Å². The molecule has 0 saturated heterocycles. The standard InChI is InChI=1S/C15H13F4N/c1-20-14(11-3-2-4-13(18)15(11)19)8-9-7-10(16)5-6-12(9)17/h2-7,14,20H,8H2,1H3. The van der Waals surface area contributed by atoms with Crippen molar-refractivity contribution in [2.75, 3.05) is 7.05 Å². The number of halogens is 4. The molecule has 2 aromatic rings. The normalized spacial score (nSPS) is 12.4. The van der Waals surface area contributed by atoms with Gasteiger partial charge in [-0.2, -0.15) is 0 Å². The molecule has 1 unspecified atom stereocenters. The van der Waals surface area contributed by atoms with Crippen molar-refractivity contribution in [1.82, 2.24) is 5.32 Å². The highest BCUT2D eigenvalue weighted by molar-refractivity contribution is 5.27. The summed E-state index contributed by atoms with van der Waals surface area (Å²) in [5, 5.41) is 2.79. The van der Waals surface area contributed by atoms with Crippen LogP contribution in [0.5, 0.6) is 0 Å². The second kappa shape index (κ2) is 6.05. The van der Waals surface area contributed by atoms with Gasteiger partial charge >= 0.3 is 0 Å². The Morgan fingerprint density at radius 3 is 2.45 bits per heavy atom. The molecule has 1 N–H and O–H groups in total. The first kappa shape index (κ1) is 14.5. The summed E-state index contributed by atoms with van der Waals surface area (Å²) < 4.78 is 53.7. The number of benzene rings is 2. The minimum atomic E-state index is -0.983. The van der Waals surface area contributed by atoms with Crippen molar-refractivity contribution in [2.24, 2.45) is 0 Å². The third-order valence-electron chi connectivity index (χ3n) is 3.14. The SMILES string of the molecule is CNC(Cc1cc(F)ccc1F)c1cccc(F)c1F. The molecule has 0 aliphatic carbocycles. The van der Waals surface area contributed by atoms with Crippen molar-refractivity contribution < 1.29 is 17.6 Å². The zero-order valence-electron chi connectivity index (χ0n) is 10.8. The quantitative estimate of drug-likeness (QED) is 0.843. The highest BCUT2D eigenvalue weighted by Crippen LogP contribution is 2.24. The molecule has 0 fully saturated rings. The summed E-state index contributed by atoms with van der Waals surface area (Å²) in [6.07, 6.45) is 0.0144. The molecule has 0 saturated carbocycles. The number of hydrogen-bond acceptors (Lipinski definition) is 1. The van der Waals surface area contributed by atoms with Crippen LogP contribution in [0.3, 0.4) is 0 Å². The predicted molar refractivity (Wildman–Crippen MR) is 68.2 cm³/mol. The summed E-state index contributed by atoms with van der Waals surface area (Å²) in [6.45, 7) is 0. The molecular weight excluding hydrogens is 270 g/mol. The van der Waals surface area contributed by atoms with Crippen molar-refractivity contribution in [3.63, 3.8) is 0 Å². The van der Waals surface area contributed by atoms with Gasteiger partial charge < -0.3 is 5.32 Å². The van der Waals surface area contributed by atoms with Gasteiger partial charge in [-0.15, -0.1) is 0 Å². The van der Waals surface area contributed by atoms with Gasteiger partial charge in [0, 0.05) is 11.6 Å². The van der Waals surface area contributed by atoms with Gasteiger partial charge in [-0.3, -0.25) is 0 Å². The molecule has 0 bridgehead atoms. The van der Waals surface area contributed by atoms with E-state index in [0.29, 0.717) is 0 Å². The van der Waals surface area contributed by atoms with Gasteiger partial charge in [-0.25, -0.2) is 17.6 Å². The van der Waals surface area contributed by atoms with Crippen LogP contribution in [0.2, 0.25) is 0 Å². The Hall–Kier alpha value is -1.88. The molecule has 1 atom stereocenters. The van der Waals surface area contributed by atoms with Crippen LogP contribution in [0.4, 0.5) is 17.6 Å². The zero-order valence-corrected chi connectivity index (χ0v) is 10.8. The lowest BCUT2D eigenvalue weighted by Gasteiger charge is -2.18. The van der Waals surface area contributed by atoms with Gasteiger partial charge in [0.2, 0.25) is 0 Å². The Bertz CT molecular complexity index is 613. The molecule has 2 rings (SSSR count). The average Bonchev–Trinajstić information content (AvgIpc) is 2.43. The lowest BCUT2D eigenvalue weighted by molar-refractivity contribution is 0.469. The topological polar surface area (TPSA) is 12.0 Å². The van der Waals surface area contributed by atoms with Crippen LogP contribution in [0, 0.1) is 23.3 Å². The fourth-order valence-electron chi connectivity index (χ4n) is 2.08. The van der Waals surface area contributed by atoms with E-state index in [9.17, 15) is 17.6 Å². The molecular formula is C15H13F4N. The van der Waals surface area contributed by atoms with Crippen LogP contribution in [0.15, 0.2) is 36.4 Å². The summed E-state index contributed by atoms with van der Waals surface area (Å²) in [7, 11) is 1.55. The average molecular weight is 283 g/mol. The van der Waals surface area contributed by atoms with E-state index < -0.39 is 29.3 Å². The van der Waals surface area contributed by atoms with E-state index in [2.05, 4.69) is 5.32 Å². The van der Waals surface area contributed by atoms with Gasteiger partial charge in [0.1, 0.15) is 11.6 Å². The van der Waals surface area contributed by atoms with E-state index in [-0.39, 0.29) is 17.5 Å². The van der Waals surface area contributed by atoms with Crippen molar-refractivity contribution in [2.45, 2.75) is 12.5 Å². The predicted octanol–water partition coefficient (Wildman–Crippen LogP) is 3.75. The van der Waals surface area contributed by atoms with Gasteiger partial charge in [0.25, 0.3) is 0 Å². The number of nitrogens with one attached hydrogen (secondary N) is 1. The van der Waals surface area contributed by atoms with Crippen molar-refractivity contribution in [3.8, 4) is 0 Å². The third-order valence-corrected chi connectivity index (χ3v) is 3.14. The van der Waals surface area contributed by atoms with Crippen LogP contribution >= 0.6 is 0 Å². The van der Waals surface area contributed by atoms with Crippen LogP contribution < -0.4 is 5.32 Å². The fourth-order valence-corrected chi connectivity index (χ4v) is 2.08. The molecule has 0 aromatic heterocycles. The van der Waals surface area contributed by atoms with Crippen molar-refractivity contribution in [1.29, 1.82) is 0 Å². The first-order valence-electron chi connectivity index (χ1n) is 6.08. The zero-order chi connectivity index (χ0) is 14.7. The maximum atomic E-state index is 13.7. The molecule has 0 amide bonds. The highest BCUT2D eigenvalue weighted by atomic mass is 19.2. The summed E-state index contributed by atoms with van der Waals surface area (Å²) in [5.74, 6) is -3.11. The van der Waals surface area contributed by atoms with E-state index in [1.54, 1.807) is 7.05 Å². The third kappa shape index (κ3) is 2.99. The van der Waals surface area contributed by atoms with Gasteiger partial charge in [-0.05, 0) is 43.3 Å². The molecule has 0 aliphatic rings. The molecule has 106 valence electrons. The lowest BCUT2D eigenvalue weighted by atomic mass is 9.98. The number of hydrogen-bond donors (Lipinski definition) is 1. The largest absolute Gasteiger partial charge is 0.313 e. The molecule has 0 heterocycles. The maximum absolute atomic E-state index is 13.7. The number of rotatable bonds is 4. The fraction of sp³-hybridized carbons (Fsp3) is 0.200. The van der Waals surface area contributed by atoms with E-state index in [1.807, 2.05) is 0 Å². The summed E-state index contributed by atoms with van der Waals surface area (Å²) >= 11 is 0. The molecule has 0 spiro atoms. The lowest BCUT2D eigenvalue weighted by Crippen LogP contribution is -2.21. The van der Waals surface area contributed by atoms with E-state index in [0.717, 1.165) is 24.3 Å². The maximum Gasteiger partial charge on any atom is 0.163 e. The first-order valence-corrected chi connectivity index (χ1v) is 6.08. The minimum absolute atomic E-state index is 0.0144. The highest BCUT2D eigenvalue weighted by Gasteiger charge is 2.18. The second-order valence-electron chi connectivity index (χ2n) is 4.42. The van der Waals surface area contributed by atoms with Crippen LogP contribution in [-0.2, 0) is 6.42 Å². The van der Waals surface area contributed by atoms with Crippen LogP contribution in [0.1, 0.15) is 17.2 Å². The first-order chi connectivity index (χ1) is 9.52. The van der Waals surface area contributed by atoms with E-state index >= 15 is 0 Å². The Morgan fingerprint density at radius 1 is 1.00 bits per heavy atom. The van der Waals surface area contributed by atoms with Crippen molar-refractivity contribution >= 4 is 0 Å². The summed E-state index contributed by atoms with van der Waals surface area (Å²) in [5.41, 5.74) is 0.184. The Labute approximate surface area is 114 Å². The molecule has 0 radical (unpaired) electrons. The van der Waals surface area contributed by atoms with Gasteiger partial charge in [0.15, 0.2) is 11.6 Å². The Kier molecular flexibility index (Phi) is 4.39.